The normalized spacial score (nSPS) is 10.9. The van der Waals surface area contributed by atoms with Crippen LogP contribution in [0.5, 0.6) is 0 Å². The highest BCUT2D eigenvalue weighted by atomic mass is 32.2. The van der Waals surface area contributed by atoms with Gasteiger partial charge in [0, 0.05) is 11.4 Å². The van der Waals surface area contributed by atoms with Crippen molar-refractivity contribution in [2.75, 3.05) is 10.6 Å². The van der Waals surface area contributed by atoms with Gasteiger partial charge in [0.15, 0.2) is 4.34 Å². The van der Waals surface area contributed by atoms with Gasteiger partial charge in [-0.15, -0.1) is 11.3 Å². The summed E-state index contributed by atoms with van der Waals surface area (Å²) in [5, 5.41) is 7.18. The van der Waals surface area contributed by atoms with Gasteiger partial charge in [-0.05, 0) is 73.1 Å². The zero-order valence-electron chi connectivity index (χ0n) is 17.5. The number of benzene rings is 3. The number of thiazole rings is 1. The number of anilines is 4. The summed E-state index contributed by atoms with van der Waals surface area (Å²) < 4.78 is 2.03. The summed E-state index contributed by atoms with van der Waals surface area (Å²) >= 11 is 3.06. The Bertz CT molecular complexity index is 1300. The minimum atomic E-state index is 0.476. The molecular formula is C24H20N6S2. The third-order valence-electron chi connectivity index (χ3n) is 4.62. The molecule has 32 heavy (non-hydrogen) atoms. The van der Waals surface area contributed by atoms with Crippen LogP contribution in [0.4, 0.5) is 23.3 Å². The van der Waals surface area contributed by atoms with Gasteiger partial charge in [0.1, 0.15) is 0 Å². The van der Waals surface area contributed by atoms with Gasteiger partial charge >= 0.3 is 0 Å². The molecule has 5 rings (SSSR count). The molecule has 0 unspecified atom stereocenters. The molecule has 5 aromatic rings. The summed E-state index contributed by atoms with van der Waals surface area (Å²) in [5.41, 5.74) is 5.14. The average Bonchev–Trinajstić information content (AvgIpc) is 3.16. The van der Waals surface area contributed by atoms with E-state index in [1.54, 1.807) is 11.3 Å². The number of aryl methyl sites for hydroxylation is 2. The minimum Gasteiger partial charge on any atom is -0.324 e. The Labute approximate surface area is 194 Å². The van der Waals surface area contributed by atoms with E-state index in [9.17, 15) is 0 Å². The molecule has 0 saturated heterocycles. The number of fused-ring (bicyclic) bond motifs is 1. The molecule has 0 aliphatic rings. The third-order valence-corrected chi connectivity index (χ3v) is 6.58. The summed E-state index contributed by atoms with van der Waals surface area (Å²) in [6, 6.07) is 24.3. The third kappa shape index (κ3) is 4.87. The topological polar surface area (TPSA) is 75.6 Å². The molecule has 0 aliphatic carbocycles. The summed E-state index contributed by atoms with van der Waals surface area (Å²) in [4.78, 5) is 18.6. The lowest BCUT2D eigenvalue weighted by atomic mass is 10.2. The fraction of sp³-hybridized carbons (Fsp3) is 0.0833. The Morgan fingerprint density at radius 2 is 1.31 bits per heavy atom. The molecule has 0 saturated carbocycles. The van der Waals surface area contributed by atoms with E-state index in [4.69, 9.17) is 4.98 Å². The van der Waals surface area contributed by atoms with E-state index in [0.29, 0.717) is 17.1 Å². The maximum Gasteiger partial charge on any atom is 0.233 e. The van der Waals surface area contributed by atoms with Crippen LogP contribution < -0.4 is 10.6 Å². The average molecular weight is 457 g/mol. The fourth-order valence-electron chi connectivity index (χ4n) is 3.19. The Balaban J connectivity index is 1.48. The Morgan fingerprint density at radius 3 is 1.91 bits per heavy atom. The molecule has 0 fully saturated rings. The van der Waals surface area contributed by atoms with Crippen LogP contribution in [-0.2, 0) is 0 Å². The predicted molar refractivity (Wildman–Crippen MR) is 132 cm³/mol. The lowest BCUT2D eigenvalue weighted by molar-refractivity contribution is 0.919. The largest absolute Gasteiger partial charge is 0.324 e. The maximum absolute atomic E-state index is 4.70. The number of para-hydroxylation sites is 1. The van der Waals surface area contributed by atoms with Gasteiger partial charge < -0.3 is 10.6 Å². The second-order valence-electron chi connectivity index (χ2n) is 7.30. The van der Waals surface area contributed by atoms with Crippen LogP contribution >= 0.6 is 23.1 Å². The van der Waals surface area contributed by atoms with Gasteiger partial charge in [-0.25, -0.2) is 4.98 Å². The molecule has 0 spiro atoms. The van der Waals surface area contributed by atoms with Crippen LogP contribution in [0.1, 0.15) is 11.1 Å². The Morgan fingerprint density at radius 1 is 0.688 bits per heavy atom. The smallest absolute Gasteiger partial charge is 0.233 e. The van der Waals surface area contributed by atoms with Crippen molar-refractivity contribution in [2.24, 2.45) is 0 Å². The highest BCUT2D eigenvalue weighted by Gasteiger charge is 2.12. The van der Waals surface area contributed by atoms with E-state index >= 15 is 0 Å². The molecule has 0 radical (unpaired) electrons. The van der Waals surface area contributed by atoms with Crippen LogP contribution in [-0.4, -0.2) is 19.9 Å². The van der Waals surface area contributed by atoms with E-state index < -0.39 is 0 Å². The van der Waals surface area contributed by atoms with Crippen molar-refractivity contribution in [3.05, 3.63) is 83.9 Å². The fourth-order valence-corrected chi connectivity index (χ4v) is 5.11. The number of nitrogens with one attached hydrogen (secondary N) is 2. The van der Waals surface area contributed by atoms with Crippen molar-refractivity contribution in [1.29, 1.82) is 0 Å². The van der Waals surface area contributed by atoms with Crippen LogP contribution in [0.2, 0.25) is 0 Å². The highest BCUT2D eigenvalue weighted by Crippen LogP contribution is 2.33. The van der Waals surface area contributed by atoms with Gasteiger partial charge in [-0.1, -0.05) is 36.4 Å². The molecular weight excluding hydrogens is 436 g/mol. The lowest BCUT2D eigenvalue weighted by Crippen LogP contribution is -2.05. The first-order valence-electron chi connectivity index (χ1n) is 10.1. The van der Waals surface area contributed by atoms with Gasteiger partial charge in [0.25, 0.3) is 0 Å². The van der Waals surface area contributed by atoms with E-state index in [2.05, 4.69) is 69.8 Å². The van der Waals surface area contributed by atoms with E-state index in [1.165, 1.54) is 11.8 Å². The standard InChI is InChI=1S/C24H20N6S2/c1-15-7-5-9-17(13-15)25-21-28-22(26-18-10-6-8-16(2)14-18)30-23(29-21)32-24-27-19-11-3-4-12-20(19)31-24/h3-14H,1-2H3,(H2,25,26,28,29,30). The monoisotopic (exact) mass is 456 g/mol. The van der Waals surface area contributed by atoms with Crippen molar-refractivity contribution in [3.63, 3.8) is 0 Å². The molecule has 2 heterocycles. The van der Waals surface area contributed by atoms with E-state index in [0.717, 1.165) is 37.1 Å². The van der Waals surface area contributed by atoms with Crippen molar-refractivity contribution in [1.82, 2.24) is 19.9 Å². The number of hydrogen-bond acceptors (Lipinski definition) is 8. The molecule has 0 amide bonds. The summed E-state index contributed by atoms with van der Waals surface area (Å²) in [6.07, 6.45) is 0. The summed E-state index contributed by atoms with van der Waals surface area (Å²) in [6.45, 7) is 4.11. The quantitative estimate of drug-likeness (QED) is 0.293. The van der Waals surface area contributed by atoms with Crippen molar-refractivity contribution < 1.29 is 0 Å². The second kappa shape index (κ2) is 8.94. The highest BCUT2D eigenvalue weighted by molar-refractivity contribution is 8.01. The predicted octanol–water partition coefficient (Wildman–Crippen LogP) is 6.74. The molecule has 0 bridgehead atoms. The minimum absolute atomic E-state index is 0.476. The van der Waals surface area contributed by atoms with Crippen LogP contribution in [0.25, 0.3) is 10.2 Å². The molecule has 0 aliphatic heterocycles. The molecule has 8 heteroatoms. The number of nitrogens with zero attached hydrogens (tertiary/aromatic N) is 4. The van der Waals surface area contributed by atoms with Crippen molar-refractivity contribution in [2.45, 2.75) is 23.3 Å². The van der Waals surface area contributed by atoms with Crippen LogP contribution in [0.3, 0.4) is 0 Å². The van der Waals surface area contributed by atoms with Crippen molar-refractivity contribution in [3.8, 4) is 0 Å². The first kappa shape index (κ1) is 20.4. The molecule has 158 valence electrons. The number of rotatable bonds is 6. The molecule has 0 atom stereocenters. The van der Waals surface area contributed by atoms with E-state index in [1.807, 2.05) is 42.5 Å². The summed E-state index contributed by atoms with van der Waals surface area (Å²) in [7, 11) is 0. The molecule has 6 nitrogen and oxygen atoms in total. The molecule has 2 N–H and O–H groups in total. The first-order chi connectivity index (χ1) is 15.6. The van der Waals surface area contributed by atoms with Crippen LogP contribution in [0.15, 0.2) is 82.3 Å². The first-order valence-corrected chi connectivity index (χ1v) is 11.7. The van der Waals surface area contributed by atoms with Crippen LogP contribution in [0, 0.1) is 13.8 Å². The van der Waals surface area contributed by atoms with Gasteiger partial charge in [0.05, 0.1) is 10.2 Å². The van der Waals surface area contributed by atoms with Crippen molar-refractivity contribution >= 4 is 56.6 Å². The molecule has 3 aromatic carbocycles. The number of hydrogen-bond donors (Lipinski definition) is 2. The maximum atomic E-state index is 4.70. The SMILES string of the molecule is Cc1cccc(Nc2nc(Nc3cccc(C)c3)nc(Sc3nc4ccccc4s3)n2)c1. The Hall–Kier alpha value is -3.49. The zero-order chi connectivity index (χ0) is 21.9. The lowest BCUT2D eigenvalue weighted by Gasteiger charge is -2.10. The van der Waals surface area contributed by atoms with E-state index in [-0.39, 0.29) is 0 Å². The zero-order valence-corrected chi connectivity index (χ0v) is 19.2. The van der Waals surface area contributed by atoms with Gasteiger partial charge in [0.2, 0.25) is 17.1 Å². The second-order valence-corrected chi connectivity index (χ2v) is 9.55. The van der Waals surface area contributed by atoms with Gasteiger partial charge in [-0.3, -0.25) is 0 Å². The summed E-state index contributed by atoms with van der Waals surface area (Å²) in [5.74, 6) is 0.953. The molecule has 2 aromatic heterocycles. The Kier molecular flexibility index (Phi) is 5.70. The van der Waals surface area contributed by atoms with Gasteiger partial charge in [-0.2, -0.15) is 15.0 Å². The number of aromatic nitrogens is 4.